The molecule has 5 atom stereocenters. The highest BCUT2D eigenvalue weighted by Crippen LogP contribution is 2.70. The fraction of sp³-hybridized carbons (Fsp3) is 0.625. The fourth-order valence-corrected chi connectivity index (χ4v) is 3.73. The largest absolute Gasteiger partial charge is 0.394 e. The molecule has 0 unspecified atom stereocenters. The summed E-state index contributed by atoms with van der Waals surface area (Å²) in [6.45, 7) is 2.97. The zero-order chi connectivity index (χ0) is 16.2. The van der Waals surface area contributed by atoms with Crippen molar-refractivity contribution in [2.45, 2.75) is 50.2 Å². The molecule has 22 heavy (non-hydrogen) atoms. The molecule has 2 aliphatic rings. The minimum absolute atomic E-state index is 0.190. The van der Waals surface area contributed by atoms with Gasteiger partial charge < -0.3 is 29.9 Å². The van der Waals surface area contributed by atoms with Gasteiger partial charge in [0.2, 0.25) is 0 Å². The van der Waals surface area contributed by atoms with Crippen LogP contribution >= 0.6 is 0 Å². The minimum atomic E-state index is -1.77. The van der Waals surface area contributed by atoms with Crippen molar-refractivity contribution in [2.75, 3.05) is 6.61 Å². The predicted octanol–water partition coefficient (Wildman–Crippen LogP) is -0.217. The molecule has 1 aromatic rings. The lowest BCUT2D eigenvalue weighted by molar-refractivity contribution is -0.304. The van der Waals surface area contributed by atoms with Crippen molar-refractivity contribution in [3.8, 4) is 0 Å². The topological polar surface area (TPSA) is 99.4 Å². The van der Waals surface area contributed by atoms with Crippen LogP contribution in [0, 0.1) is 5.41 Å². The van der Waals surface area contributed by atoms with E-state index in [1.54, 1.807) is 13.8 Å². The number of hydrogen-bond acceptors (Lipinski definition) is 6. The van der Waals surface area contributed by atoms with E-state index in [9.17, 15) is 20.4 Å². The normalized spacial score (nSPS) is 42.7. The first-order valence-electron chi connectivity index (χ1n) is 7.35. The summed E-state index contributed by atoms with van der Waals surface area (Å²) in [5, 5.41) is 41.2. The van der Waals surface area contributed by atoms with E-state index in [0.717, 1.165) is 5.56 Å². The summed E-state index contributed by atoms with van der Waals surface area (Å²) in [5.74, 6) is 0. The van der Waals surface area contributed by atoms with Gasteiger partial charge in [-0.15, -0.1) is 0 Å². The second-order valence-electron chi connectivity index (χ2n) is 6.57. The zero-order valence-corrected chi connectivity index (χ0v) is 12.6. The van der Waals surface area contributed by atoms with Gasteiger partial charge in [0.15, 0.2) is 6.29 Å². The molecule has 0 bridgehead atoms. The first-order valence-corrected chi connectivity index (χ1v) is 7.35. The highest BCUT2D eigenvalue weighted by molar-refractivity contribution is 5.38. The quantitative estimate of drug-likeness (QED) is 0.614. The maximum atomic E-state index is 10.7. The number of hydrogen-bond donors (Lipinski definition) is 4. The molecule has 0 amide bonds. The first kappa shape index (κ1) is 15.9. The van der Waals surface area contributed by atoms with Crippen LogP contribution in [0.4, 0.5) is 0 Å². The van der Waals surface area contributed by atoms with Crippen molar-refractivity contribution in [1.82, 2.24) is 0 Å². The molecule has 1 aliphatic heterocycles. The van der Waals surface area contributed by atoms with E-state index in [-0.39, 0.29) is 6.61 Å². The maximum Gasteiger partial charge on any atom is 0.187 e. The summed E-state index contributed by atoms with van der Waals surface area (Å²) >= 11 is 0. The molecule has 6 nitrogen and oxygen atoms in total. The Balaban J connectivity index is 1.77. The van der Waals surface area contributed by atoms with Crippen molar-refractivity contribution in [1.29, 1.82) is 0 Å². The lowest BCUT2D eigenvalue weighted by Gasteiger charge is -2.38. The van der Waals surface area contributed by atoms with Gasteiger partial charge in [-0.3, -0.25) is 0 Å². The Hall–Kier alpha value is -1.02. The Morgan fingerprint density at radius 3 is 2.36 bits per heavy atom. The Labute approximate surface area is 128 Å². The van der Waals surface area contributed by atoms with Crippen molar-refractivity contribution in [3.63, 3.8) is 0 Å². The Kier molecular flexibility index (Phi) is 3.60. The van der Waals surface area contributed by atoms with E-state index in [1.165, 1.54) is 0 Å². The molecule has 2 fully saturated rings. The van der Waals surface area contributed by atoms with Crippen LogP contribution < -0.4 is 0 Å². The van der Waals surface area contributed by atoms with Gasteiger partial charge in [0, 0.05) is 5.41 Å². The molecule has 1 saturated carbocycles. The SMILES string of the molecule is CC1(C)[C@]2(O)[C@@H](CO)O[C@@H](OCc3ccccc3)[C@H](O)[C@]12O. The van der Waals surface area contributed by atoms with Gasteiger partial charge in [-0.25, -0.2) is 0 Å². The molecule has 1 aliphatic carbocycles. The fourth-order valence-electron chi connectivity index (χ4n) is 3.73. The van der Waals surface area contributed by atoms with E-state index in [4.69, 9.17) is 9.47 Å². The molecule has 3 rings (SSSR count). The van der Waals surface area contributed by atoms with Crippen LogP contribution in [-0.2, 0) is 16.1 Å². The monoisotopic (exact) mass is 310 g/mol. The van der Waals surface area contributed by atoms with E-state index in [2.05, 4.69) is 0 Å². The van der Waals surface area contributed by atoms with E-state index in [1.807, 2.05) is 30.3 Å². The third-order valence-corrected chi connectivity index (χ3v) is 5.30. The third kappa shape index (κ3) is 1.76. The lowest BCUT2D eigenvalue weighted by atomic mass is 9.99. The molecular formula is C16H22O6. The van der Waals surface area contributed by atoms with Gasteiger partial charge in [0.25, 0.3) is 0 Å². The summed E-state index contributed by atoms with van der Waals surface area (Å²) in [4.78, 5) is 0. The summed E-state index contributed by atoms with van der Waals surface area (Å²) in [7, 11) is 0. The van der Waals surface area contributed by atoms with Crippen molar-refractivity contribution in [2.24, 2.45) is 5.41 Å². The van der Waals surface area contributed by atoms with Crippen LogP contribution in [0.3, 0.4) is 0 Å². The molecule has 1 saturated heterocycles. The minimum Gasteiger partial charge on any atom is -0.394 e. The summed E-state index contributed by atoms with van der Waals surface area (Å²) in [5.41, 5.74) is -3.58. The highest BCUT2D eigenvalue weighted by atomic mass is 16.7. The predicted molar refractivity (Wildman–Crippen MR) is 76.7 cm³/mol. The van der Waals surface area contributed by atoms with Crippen LogP contribution in [0.25, 0.3) is 0 Å². The van der Waals surface area contributed by atoms with Gasteiger partial charge in [-0.2, -0.15) is 0 Å². The van der Waals surface area contributed by atoms with Gasteiger partial charge in [-0.05, 0) is 5.56 Å². The molecule has 0 radical (unpaired) electrons. The van der Waals surface area contributed by atoms with E-state index < -0.39 is 41.7 Å². The lowest BCUT2D eigenvalue weighted by Crippen LogP contribution is -2.59. The molecular weight excluding hydrogens is 288 g/mol. The van der Waals surface area contributed by atoms with Gasteiger partial charge in [-0.1, -0.05) is 44.2 Å². The van der Waals surface area contributed by atoms with Crippen LogP contribution in [0.5, 0.6) is 0 Å². The van der Waals surface area contributed by atoms with Gasteiger partial charge in [0.1, 0.15) is 23.4 Å². The number of aliphatic hydroxyl groups is 4. The van der Waals surface area contributed by atoms with Crippen molar-refractivity contribution >= 4 is 0 Å². The zero-order valence-electron chi connectivity index (χ0n) is 12.6. The van der Waals surface area contributed by atoms with Crippen molar-refractivity contribution < 1.29 is 29.9 Å². The highest BCUT2D eigenvalue weighted by Gasteiger charge is 2.90. The summed E-state index contributed by atoms with van der Waals surface area (Å²) in [6.07, 6.45) is -3.54. The Morgan fingerprint density at radius 2 is 1.77 bits per heavy atom. The third-order valence-electron chi connectivity index (χ3n) is 5.30. The molecule has 0 spiro atoms. The summed E-state index contributed by atoms with van der Waals surface area (Å²) < 4.78 is 11.1. The summed E-state index contributed by atoms with van der Waals surface area (Å²) in [6, 6.07) is 9.34. The molecule has 4 N–H and O–H groups in total. The van der Waals surface area contributed by atoms with Gasteiger partial charge in [0.05, 0.1) is 13.2 Å². The second kappa shape index (κ2) is 4.99. The molecule has 6 heteroatoms. The number of ether oxygens (including phenoxy) is 2. The molecule has 1 aromatic carbocycles. The average molecular weight is 310 g/mol. The standard InChI is InChI=1S/C16H22O6/c1-14(2)15(19)11(8-17)22-13(12(18)16(14,15)20)21-9-10-6-4-3-5-7-10/h3-7,11-13,17-20H,8-9H2,1-2H3/t11-,12+,13-,15-,16+/m1/s1. The number of fused-ring (bicyclic) bond motifs is 1. The Bertz CT molecular complexity index is 547. The smallest absolute Gasteiger partial charge is 0.187 e. The van der Waals surface area contributed by atoms with Crippen LogP contribution in [0.15, 0.2) is 30.3 Å². The van der Waals surface area contributed by atoms with E-state index in [0.29, 0.717) is 0 Å². The second-order valence-corrected chi connectivity index (χ2v) is 6.57. The average Bonchev–Trinajstić information content (AvgIpc) is 2.89. The molecule has 1 heterocycles. The van der Waals surface area contributed by atoms with Crippen LogP contribution in [0.2, 0.25) is 0 Å². The van der Waals surface area contributed by atoms with E-state index >= 15 is 0 Å². The number of benzene rings is 1. The molecule has 0 aromatic heterocycles. The first-order chi connectivity index (χ1) is 10.3. The molecule has 122 valence electrons. The Morgan fingerprint density at radius 1 is 1.14 bits per heavy atom. The number of rotatable bonds is 4. The van der Waals surface area contributed by atoms with Gasteiger partial charge >= 0.3 is 0 Å². The number of aliphatic hydroxyl groups excluding tert-OH is 2. The maximum absolute atomic E-state index is 10.7. The van der Waals surface area contributed by atoms with Crippen LogP contribution in [-0.4, -0.2) is 56.7 Å². The van der Waals surface area contributed by atoms with Crippen molar-refractivity contribution in [3.05, 3.63) is 35.9 Å². The van der Waals surface area contributed by atoms with Crippen LogP contribution in [0.1, 0.15) is 19.4 Å².